The predicted molar refractivity (Wildman–Crippen MR) is 102 cm³/mol. The van der Waals surface area contributed by atoms with Crippen molar-refractivity contribution in [2.45, 2.75) is 38.5 Å². The summed E-state index contributed by atoms with van der Waals surface area (Å²) >= 11 is 7.34. The van der Waals surface area contributed by atoms with Gasteiger partial charge in [-0.3, -0.25) is 4.79 Å². The number of amides is 1. The number of aryl methyl sites for hydroxylation is 1. The maximum atomic E-state index is 12.3. The van der Waals surface area contributed by atoms with E-state index in [1.165, 1.54) is 11.8 Å². The monoisotopic (exact) mass is 381 g/mol. The van der Waals surface area contributed by atoms with Gasteiger partial charge in [-0.25, -0.2) is 4.98 Å². The minimum Gasteiger partial charge on any atom is -0.383 e. The molecule has 136 valence electrons. The van der Waals surface area contributed by atoms with Crippen LogP contribution in [0.15, 0.2) is 29.4 Å². The Morgan fingerprint density at radius 1 is 1.36 bits per heavy atom. The molecule has 0 fully saturated rings. The fourth-order valence-electron chi connectivity index (χ4n) is 2.43. The molecule has 2 rings (SSSR count). The number of ether oxygens (including phenoxy) is 1. The highest BCUT2D eigenvalue weighted by Gasteiger charge is 2.15. The number of imidazole rings is 1. The predicted octanol–water partition coefficient (Wildman–Crippen LogP) is 3.77. The lowest BCUT2D eigenvalue weighted by Crippen LogP contribution is -2.28. The molecule has 1 heterocycles. The lowest BCUT2D eigenvalue weighted by Gasteiger charge is -2.14. The molecule has 1 atom stereocenters. The fourth-order valence-corrected chi connectivity index (χ4v) is 3.48. The van der Waals surface area contributed by atoms with Gasteiger partial charge in [0.2, 0.25) is 5.91 Å². The van der Waals surface area contributed by atoms with Crippen LogP contribution >= 0.6 is 23.4 Å². The zero-order chi connectivity index (χ0) is 18.4. The second kappa shape index (κ2) is 9.27. The first kappa shape index (κ1) is 19.8. The third kappa shape index (κ3) is 5.49. The standard InChI is InChI=1S/C18H24ClN3O2S/c1-12-14(3)22(9-10-24-4)18(21-12)25-11-17(23)20-13(2)15-5-7-16(19)8-6-15/h5-8,13H,9-11H2,1-4H3,(H,20,23). The Labute approximate surface area is 158 Å². The normalized spacial score (nSPS) is 12.2. The van der Waals surface area contributed by atoms with Crippen molar-refractivity contribution < 1.29 is 9.53 Å². The van der Waals surface area contributed by atoms with Crippen molar-refractivity contribution in [1.82, 2.24) is 14.9 Å². The number of hydrogen-bond donors (Lipinski definition) is 1. The van der Waals surface area contributed by atoms with E-state index in [4.69, 9.17) is 16.3 Å². The van der Waals surface area contributed by atoms with Crippen LogP contribution in [0.25, 0.3) is 0 Å². The van der Waals surface area contributed by atoms with Gasteiger partial charge in [-0.05, 0) is 38.5 Å². The molecule has 0 radical (unpaired) electrons. The molecule has 0 saturated carbocycles. The minimum atomic E-state index is -0.0675. The number of benzene rings is 1. The maximum Gasteiger partial charge on any atom is 0.230 e. The van der Waals surface area contributed by atoms with Gasteiger partial charge in [-0.15, -0.1) is 0 Å². The van der Waals surface area contributed by atoms with E-state index in [-0.39, 0.29) is 11.9 Å². The van der Waals surface area contributed by atoms with Crippen LogP contribution in [0.4, 0.5) is 0 Å². The van der Waals surface area contributed by atoms with Gasteiger partial charge in [0.1, 0.15) is 0 Å². The first-order valence-electron chi connectivity index (χ1n) is 8.12. The maximum absolute atomic E-state index is 12.3. The number of halogens is 1. The lowest BCUT2D eigenvalue weighted by atomic mass is 10.1. The van der Waals surface area contributed by atoms with Crippen molar-refractivity contribution in [3.63, 3.8) is 0 Å². The van der Waals surface area contributed by atoms with E-state index in [0.717, 1.165) is 28.7 Å². The summed E-state index contributed by atoms with van der Waals surface area (Å²) in [6.07, 6.45) is 0. The molecule has 2 aromatic rings. The number of nitrogens with one attached hydrogen (secondary N) is 1. The fraction of sp³-hybridized carbons (Fsp3) is 0.444. The van der Waals surface area contributed by atoms with Crippen LogP contribution in [0, 0.1) is 13.8 Å². The average Bonchev–Trinajstić information content (AvgIpc) is 2.85. The first-order valence-corrected chi connectivity index (χ1v) is 9.49. The van der Waals surface area contributed by atoms with Gasteiger partial charge in [0.15, 0.2) is 5.16 Å². The van der Waals surface area contributed by atoms with Crippen LogP contribution in [-0.4, -0.2) is 34.9 Å². The number of rotatable bonds is 8. The molecule has 1 N–H and O–H groups in total. The Morgan fingerprint density at radius 2 is 2.04 bits per heavy atom. The summed E-state index contributed by atoms with van der Waals surface area (Å²) in [5.41, 5.74) is 3.11. The number of nitrogens with zero attached hydrogens (tertiary/aromatic N) is 2. The molecule has 0 aliphatic rings. The van der Waals surface area contributed by atoms with Crippen molar-refractivity contribution in [2.75, 3.05) is 19.5 Å². The smallest absolute Gasteiger partial charge is 0.230 e. The zero-order valence-corrected chi connectivity index (χ0v) is 16.6. The minimum absolute atomic E-state index is 0.0240. The van der Waals surface area contributed by atoms with Gasteiger partial charge in [-0.2, -0.15) is 0 Å². The first-order chi connectivity index (χ1) is 11.9. The summed E-state index contributed by atoms with van der Waals surface area (Å²) in [7, 11) is 1.68. The van der Waals surface area contributed by atoms with Gasteiger partial charge in [-0.1, -0.05) is 35.5 Å². The summed E-state index contributed by atoms with van der Waals surface area (Å²) < 4.78 is 7.25. The molecular weight excluding hydrogens is 358 g/mol. The summed E-state index contributed by atoms with van der Waals surface area (Å²) in [5.74, 6) is 0.296. The number of carbonyl (C=O) groups is 1. The summed E-state index contributed by atoms with van der Waals surface area (Å²) in [4.78, 5) is 16.8. The Bertz CT molecular complexity index is 716. The Hall–Kier alpha value is -1.50. The van der Waals surface area contributed by atoms with Crippen LogP contribution in [-0.2, 0) is 16.1 Å². The van der Waals surface area contributed by atoms with E-state index in [2.05, 4.69) is 14.9 Å². The Morgan fingerprint density at radius 3 is 2.68 bits per heavy atom. The molecule has 0 spiro atoms. The van der Waals surface area contributed by atoms with E-state index in [1.807, 2.05) is 45.0 Å². The summed E-state index contributed by atoms with van der Waals surface area (Å²) in [6, 6.07) is 7.43. The SMILES string of the molecule is COCCn1c(SCC(=O)NC(C)c2ccc(Cl)cc2)nc(C)c1C. The van der Waals surface area contributed by atoms with E-state index in [9.17, 15) is 4.79 Å². The third-order valence-electron chi connectivity index (χ3n) is 4.02. The van der Waals surface area contributed by atoms with Crippen LogP contribution in [0.2, 0.25) is 5.02 Å². The molecule has 1 aromatic heterocycles. The zero-order valence-electron chi connectivity index (χ0n) is 15.0. The van der Waals surface area contributed by atoms with Crippen molar-refractivity contribution in [3.8, 4) is 0 Å². The van der Waals surface area contributed by atoms with Gasteiger partial charge in [0, 0.05) is 24.4 Å². The molecule has 1 amide bonds. The van der Waals surface area contributed by atoms with Crippen LogP contribution in [0.1, 0.15) is 29.9 Å². The van der Waals surface area contributed by atoms with Gasteiger partial charge >= 0.3 is 0 Å². The van der Waals surface area contributed by atoms with E-state index >= 15 is 0 Å². The Balaban J connectivity index is 1.93. The summed E-state index contributed by atoms with van der Waals surface area (Å²) in [5, 5.41) is 4.54. The molecule has 1 unspecified atom stereocenters. The molecule has 0 saturated heterocycles. The highest BCUT2D eigenvalue weighted by atomic mass is 35.5. The quantitative estimate of drug-likeness (QED) is 0.707. The van der Waals surface area contributed by atoms with E-state index < -0.39 is 0 Å². The number of methoxy groups -OCH3 is 1. The van der Waals surface area contributed by atoms with Crippen LogP contribution < -0.4 is 5.32 Å². The molecule has 0 bridgehead atoms. The number of hydrogen-bond acceptors (Lipinski definition) is 4. The topological polar surface area (TPSA) is 56.1 Å². The number of aromatic nitrogens is 2. The van der Waals surface area contributed by atoms with Crippen molar-refractivity contribution in [3.05, 3.63) is 46.2 Å². The molecule has 7 heteroatoms. The largest absolute Gasteiger partial charge is 0.383 e. The molecular formula is C18H24ClN3O2S. The molecule has 0 aliphatic carbocycles. The molecule has 5 nitrogen and oxygen atoms in total. The van der Waals surface area contributed by atoms with E-state index in [0.29, 0.717) is 17.4 Å². The molecule has 25 heavy (non-hydrogen) atoms. The highest BCUT2D eigenvalue weighted by molar-refractivity contribution is 7.99. The van der Waals surface area contributed by atoms with Gasteiger partial charge in [0.05, 0.1) is 24.1 Å². The Kier molecular flexibility index (Phi) is 7.35. The van der Waals surface area contributed by atoms with Crippen LogP contribution in [0.5, 0.6) is 0 Å². The van der Waals surface area contributed by atoms with E-state index in [1.54, 1.807) is 7.11 Å². The lowest BCUT2D eigenvalue weighted by molar-refractivity contribution is -0.119. The second-order valence-corrected chi connectivity index (χ2v) is 7.22. The molecule has 0 aliphatic heterocycles. The number of carbonyl (C=O) groups excluding carboxylic acids is 1. The third-order valence-corrected chi connectivity index (χ3v) is 5.25. The summed E-state index contributed by atoms with van der Waals surface area (Å²) in [6.45, 7) is 7.31. The van der Waals surface area contributed by atoms with Crippen molar-refractivity contribution in [2.24, 2.45) is 0 Å². The highest BCUT2D eigenvalue weighted by Crippen LogP contribution is 2.22. The van der Waals surface area contributed by atoms with Crippen LogP contribution in [0.3, 0.4) is 0 Å². The van der Waals surface area contributed by atoms with Gasteiger partial charge < -0.3 is 14.6 Å². The van der Waals surface area contributed by atoms with Crippen molar-refractivity contribution >= 4 is 29.3 Å². The van der Waals surface area contributed by atoms with Gasteiger partial charge in [0.25, 0.3) is 0 Å². The number of thioether (sulfide) groups is 1. The second-order valence-electron chi connectivity index (χ2n) is 5.84. The molecule has 1 aromatic carbocycles. The van der Waals surface area contributed by atoms with Crippen molar-refractivity contribution in [1.29, 1.82) is 0 Å². The average molecular weight is 382 g/mol.